The van der Waals surface area contributed by atoms with E-state index in [0.717, 1.165) is 0 Å². The average Bonchev–Trinajstić information content (AvgIpc) is 1.68. The topological polar surface area (TPSA) is 36.8 Å². The van der Waals surface area contributed by atoms with E-state index in [0.29, 0.717) is 0 Å². The first kappa shape index (κ1) is 6.20. The van der Waals surface area contributed by atoms with Crippen molar-refractivity contribution in [3.8, 4) is 0 Å². The van der Waals surface area contributed by atoms with Crippen LogP contribution in [0.4, 0.5) is 0 Å². The molecule has 0 bridgehead atoms. The Morgan fingerprint density at radius 1 is 1.86 bits per heavy atom. The van der Waals surface area contributed by atoms with E-state index in [1.54, 1.807) is 7.05 Å². The van der Waals surface area contributed by atoms with Crippen LogP contribution in [0, 0.1) is 0 Å². The molecule has 0 unspecified atom stereocenters. The van der Waals surface area contributed by atoms with Crippen LogP contribution in [-0.2, 0) is 0 Å². The Bertz CT molecular complexity index is 88.2. The number of hydrogen-bond donors (Lipinski definition) is 1. The highest BCUT2D eigenvalue weighted by atomic mass is 15.3. The number of rotatable bonds is 1. The van der Waals surface area contributed by atoms with Gasteiger partial charge < -0.3 is 5.43 Å². The second kappa shape index (κ2) is 3.40. The van der Waals surface area contributed by atoms with Crippen LogP contribution in [0.15, 0.2) is 10.1 Å². The Labute approximate surface area is 43.9 Å². The standard InChI is InChI=1S/C3H6BN3/c1-5-3(4)7-6-2/h6H,1H2,2H3/b7-3-. The van der Waals surface area contributed by atoms with E-state index >= 15 is 0 Å². The molecule has 0 aliphatic heterocycles. The number of amidine groups is 1. The van der Waals surface area contributed by atoms with Crippen molar-refractivity contribution in [2.75, 3.05) is 7.05 Å². The van der Waals surface area contributed by atoms with Crippen molar-refractivity contribution in [3.63, 3.8) is 0 Å². The number of nitrogens with one attached hydrogen (secondary N) is 1. The first-order valence-electron chi connectivity index (χ1n) is 1.78. The molecule has 0 saturated carbocycles. The summed E-state index contributed by atoms with van der Waals surface area (Å²) in [5, 5.41) is 3.46. The molecule has 3 nitrogen and oxygen atoms in total. The second-order valence-electron chi connectivity index (χ2n) is 0.852. The summed E-state index contributed by atoms with van der Waals surface area (Å²) in [6.45, 7) is 3.13. The summed E-state index contributed by atoms with van der Waals surface area (Å²) in [5.41, 5.74) is 2.60. The highest BCUT2D eigenvalue weighted by Crippen LogP contribution is 1.63. The van der Waals surface area contributed by atoms with E-state index in [1.165, 1.54) is 0 Å². The number of hydrogen-bond acceptors (Lipinski definition) is 2. The molecule has 0 rings (SSSR count). The van der Waals surface area contributed by atoms with Gasteiger partial charge in [-0.2, -0.15) is 5.10 Å². The summed E-state index contributed by atoms with van der Waals surface area (Å²) in [4.78, 5) is 3.29. The van der Waals surface area contributed by atoms with Crippen molar-refractivity contribution in [3.05, 3.63) is 0 Å². The zero-order valence-electron chi connectivity index (χ0n) is 4.18. The van der Waals surface area contributed by atoms with Gasteiger partial charge in [0.05, 0.1) is 5.73 Å². The van der Waals surface area contributed by atoms with E-state index in [1.807, 2.05) is 0 Å². The molecular formula is C3H6BN3. The molecule has 0 spiro atoms. The van der Waals surface area contributed by atoms with Gasteiger partial charge in [-0.1, -0.05) is 0 Å². The SMILES string of the molecule is [B]/C(N=C)=N/NC. The maximum absolute atomic E-state index is 5.04. The molecule has 0 aromatic heterocycles. The minimum absolute atomic E-state index is 0.155. The van der Waals surface area contributed by atoms with Gasteiger partial charge in [-0.05, 0) is 6.72 Å². The van der Waals surface area contributed by atoms with E-state index in [4.69, 9.17) is 7.85 Å². The van der Waals surface area contributed by atoms with Gasteiger partial charge in [0.1, 0.15) is 0 Å². The molecule has 1 N–H and O–H groups in total. The van der Waals surface area contributed by atoms with Crippen LogP contribution >= 0.6 is 0 Å². The van der Waals surface area contributed by atoms with Gasteiger partial charge in [0.2, 0.25) is 0 Å². The zero-order valence-corrected chi connectivity index (χ0v) is 4.18. The van der Waals surface area contributed by atoms with Crippen molar-refractivity contribution < 1.29 is 0 Å². The molecule has 0 atom stereocenters. The summed E-state index contributed by atoms with van der Waals surface area (Å²) < 4.78 is 0. The lowest BCUT2D eigenvalue weighted by atomic mass is 10.1. The summed E-state index contributed by atoms with van der Waals surface area (Å²) in [6.07, 6.45) is 0. The third-order valence-corrected chi connectivity index (χ3v) is 0.388. The molecule has 0 amide bonds. The molecule has 0 fully saturated rings. The zero-order chi connectivity index (χ0) is 5.70. The van der Waals surface area contributed by atoms with Crippen LogP contribution < -0.4 is 5.43 Å². The third-order valence-electron chi connectivity index (χ3n) is 0.388. The molecule has 0 aliphatic rings. The molecular weight excluding hydrogens is 88.9 g/mol. The van der Waals surface area contributed by atoms with Gasteiger partial charge in [-0.25, -0.2) is 0 Å². The number of nitrogens with zero attached hydrogens (tertiary/aromatic N) is 2. The van der Waals surface area contributed by atoms with Crippen LogP contribution in [-0.4, -0.2) is 27.3 Å². The van der Waals surface area contributed by atoms with Gasteiger partial charge in [0.25, 0.3) is 0 Å². The molecule has 36 valence electrons. The fourth-order valence-corrected chi connectivity index (χ4v) is 0.150. The predicted octanol–water partition coefficient (Wildman–Crippen LogP) is -0.654. The molecule has 0 aliphatic carbocycles. The average molecular weight is 94.9 g/mol. The van der Waals surface area contributed by atoms with Gasteiger partial charge in [0.15, 0.2) is 7.85 Å². The minimum Gasteiger partial charge on any atom is -0.312 e. The van der Waals surface area contributed by atoms with E-state index < -0.39 is 0 Å². The van der Waals surface area contributed by atoms with Crippen molar-refractivity contribution in [2.24, 2.45) is 10.1 Å². The molecule has 0 saturated heterocycles. The van der Waals surface area contributed by atoms with E-state index in [-0.39, 0.29) is 5.73 Å². The largest absolute Gasteiger partial charge is 0.312 e. The Morgan fingerprint density at radius 2 is 2.43 bits per heavy atom. The summed E-state index contributed by atoms with van der Waals surface area (Å²) in [6, 6.07) is 0. The van der Waals surface area contributed by atoms with Gasteiger partial charge in [-0.3, -0.25) is 4.99 Å². The third kappa shape index (κ3) is 3.02. The Morgan fingerprint density at radius 3 is 2.57 bits per heavy atom. The van der Waals surface area contributed by atoms with Crippen molar-refractivity contribution in [1.82, 2.24) is 5.43 Å². The Kier molecular flexibility index (Phi) is 3.01. The highest BCUT2D eigenvalue weighted by Gasteiger charge is 1.73. The van der Waals surface area contributed by atoms with Gasteiger partial charge >= 0.3 is 0 Å². The predicted molar refractivity (Wildman–Crippen MR) is 31.8 cm³/mol. The molecule has 0 aromatic rings. The summed E-state index contributed by atoms with van der Waals surface area (Å²) in [7, 11) is 6.68. The lowest BCUT2D eigenvalue weighted by molar-refractivity contribution is 0.903. The number of aliphatic imine (C=N–C) groups is 1. The van der Waals surface area contributed by atoms with E-state index in [9.17, 15) is 0 Å². The summed E-state index contributed by atoms with van der Waals surface area (Å²) >= 11 is 0. The molecule has 0 aromatic carbocycles. The monoisotopic (exact) mass is 95.1 g/mol. The number of hydrazone groups is 1. The van der Waals surface area contributed by atoms with E-state index in [2.05, 4.69) is 22.2 Å². The summed E-state index contributed by atoms with van der Waals surface area (Å²) in [5.74, 6) is 0. The molecule has 0 heterocycles. The normalized spacial score (nSPS) is 10.7. The fraction of sp³-hybridized carbons (Fsp3) is 0.333. The quantitative estimate of drug-likeness (QED) is 0.199. The maximum atomic E-state index is 5.04. The maximum Gasteiger partial charge on any atom is 0.172 e. The van der Waals surface area contributed by atoms with Crippen LogP contribution in [0.3, 0.4) is 0 Å². The first-order chi connectivity index (χ1) is 3.31. The van der Waals surface area contributed by atoms with Crippen molar-refractivity contribution >= 4 is 20.3 Å². The lowest BCUT2D eigenvalue weighted by Crippen LogP contribution is -2.01. The van der Waals surface area contributed by atoms with Crippen LogP contribution in [0.2, 0.25) is 0 Å². The second-order valence-corrected chi connectivity index (χ2v) is 0.852. The van der Waals surface area contributed by atoms with Gasteiger partial charge in [0, 0.05) is 7.05 Å². The Balaban J connectivity index is 3.49. The molecule has 7 heavy (non-hydrogen) atoms. The molecule has 4 heteroatoms. The fourth-order valence-electron chi connectivity index (χ4n) is 0.150. The van der Waals surface area contributed by atoms with Crippen LogP contribution in [0.25, 0.3) is 0 Å². The Hall–Kier alpha value is -0.795. The highest BCUT2D eigenvalue weighted by molar-refractivity contribution is 6.59. The van der Waals surface area contributed by atoms with Gasteiger partial charge in [-0.15, -0.1) is 0 Å². The van der Waals surface area contributed by atoms with Crippen molar-refractivity contribution in [1.29, 1.82) is 0 Å². The molecule has 2 radical (unpaired) electrons. The first-order valence-corrected chi connectivity index (χ1v) is 1.78. The lowest BCUT2D eigenvalue weighted by Gasteiger charge is -1.86. The van der Waals surface area contributed by atoms with Crippen LogP contribution in [0.5, 0.6) is 0 Å². The van der Waals surface area contributed by atoms with Crippen LogP contribution in [0.1, 0.15) is 0 Å². The minimum atomic E-state index is 0.155. The van der Waals surface area contributed by atoms with Crippen molar-refractivity contribution in [2.45, 2.75) is 0 Å². The smallest absolute Gasteiger partial charge is 0.172 e.